The van der Waals surface area contributed by atoms with Crippen LogP contribution in [-0.4, -0.2) is 35.1 Å². The maximum absolute atomic E-state index is 12.1. The van der Waals surface area contributed by atoms with E-state index < -0.39 is 11.9 Å². The lowest BCUT2D eigenvalue weighted by atomic mass is 10.1. The second kappa shape index (κ2) is 7.92. The van der Waals surface area contributed by atoms with Crippen molar-refractivity contribution < 1.29 is 23.8 Å². The van der Waals surface area contributed by atoms with E-state index in [-0.39, 0.29) is 30.1 Å². The van der Waals surface area contributed by atoms with Gasteiger partial charge in [-0.2, -0.15) is 0 Å². The maximum atomic E-state index is 12.1. The van der Waals surface area contributed by atoms with Gasteiger partial charge in [-0.1, -0.05) is 0 Å². The Morgan fingerprint density at radius 2 is 1.65 bits per heavy atom. The Morgan fingerprint density at radius 3 is 2.27 bits per heavy atom. The Morgan fingerprint density at radius 1 is 1.00 bits per heavy atom. The van der Waals surface area contributed by atoms with Crippen molar-refractivity contribution in [2.45, 2.75) is 13.8 Å². The van der Waals surface area contributed by atoms with Crippen LogP contribution < -0.4 is 4.74 Å². The molecular formula is C18H16N2O5S. The van der Waals surface area contributed by atoms with Gasteiger partial charge in [-0.3, -0.25) is 0 Å². The van der Waals surface area contributed by atoms with E-state index in [4.69, 9.17) is 14.2 Å². The smallest absolute Gasteiger partial charge is 0.338 e. The van der Waals surface area contributed by atoms with E-state index in [0.717, 1.165) is 10.2 Å². The van der Waals surface area contributed by atoms with Gasteiger partial charge in [0, 0.05) is 0 Å². The summed E-state index contributed by atoms with van der Waals surface area (Å²) >= 11 is 1.46. The van der Waals surface area contributed by atoms with E-state index >= 15 is 0 Å². The SMILES string of the molecule is CCOC(=O)c1cc(Oc2ncnc3sccc23)cc(C(=O)OCC)c1. The van der Waals surface area contributed by atoms with Crippen LogP contribution in [0.15, 0.2) is 36.0 Å². The number of rotatable bonds is 6. The monoisotopic (exact) mass is 372 g/mol. The van der Waals surface area contributed by atoms with Gasteiger partial charge in [-0.25, -0.2) is 19.6 Å². The number of thiophene rings is 1. The molecule has 26 heavy (non-hydrogen) atoms. The molecule has 0 aliphatic rings. The van der Waals surface area contributed by atoms with Gasteiger partial charge in [0.05, 0.1) is 29.7 Å². The molecule has 3 aromatic rings. The van der Waals surface area contributed by atoms with Gasteiger partial charge in [0.15, 0.2) is 0 Å². The molecule has 0 spiro atoms. The average Bonchev–Trinajstić information content (AvgIpc) is 3.12. The highest BCUT2D eigenvalue weighted by atomic mass is 32.1. The molecule has 1 aromatic carbocycles. The van der Waals surface area contributed by atoms with Crippen molar-refractivity contribution in [1.29, 1.82) is 0 Å². The number of aromatic nitrogens is 2. The normalized spacial score (nSPS) is 10.5. The second-order valence-electron chi connectivity index (χ2n) is 5.11. The third-order valence-electron chi connectivity index (χ3n) is 3.37. The molecule has 3 rings (SSSR count). The first-order chi connectivity index (χ1) is 12.6. The minimum absolute atomic E-state index is 0.197. The highest BCUT2D eigenvalue weighted by Crippen LogP contribution is 2.30. The zero-order chi connectivity index (χ0) is 18.5. The van der Waals surface area contributed by atoms with Crippen molar-refractivity contribution in [3.05, 3.63) is 47.1 Å². The molecule has 0 amide bonds. The van der Waals surface area contributed by atoms with Gasteiger partial charge in [0.2, 0.25) is 5.88 Å². The molecular weight excluding hydrogens is 356 g/mol. The van der Waals surface area contributed by atoms with E-state index in [1.807, 2.05) is 11.4 Å². The maximum Gasteiger partial charge on any atom is 0.338 e. The Kier molecular flexibility index (Phi) is 5.43. The van der Waals surface area contributed by atoms with Crippen LogP contribution in [0.25, 0.3) is 10.2 Å². The lowest BCUT2D eigenvalue weighted by Crippen LogP contribution is -2.09. The quantitative estimate of drug-likeness (QED) is 0.608. The molecule has 0 saturated carbocycles. The summed E-state index contributed by atoms with van der Waals surface area (Å²) in [5, 5.41) is 2.63. The number of fused-ring (bicyclic) bond motifs is 1. The standard InChI is InChI=1S/C18H16N2O5S/c1-3-23-17(21)11-7-12(18(22)24-4-2)9-13(8-11)25-15-14-5-6-26-16(14)20-10-19-15/h5-10H,3-4H2,1-2H3. The third kappa shape index (κ3) is 3.80. The highest BCUT2D eigenvalue weighted by molar-refractivity contribution is 7.16. The molecule has 0 radical (unpaired) electrons. The summed E-state index contributed by atoms with van der Waals surface area (Å²) in [6, 6.07) is 6.27. The first kappa shape index (κ1) is 17.8. The number of benzene rings is 1. The summed E-state index contributed by atoms with van der Waals surface area (Å²) in [7, 11) is 0. The first-order valence-electron chi connectivity index (χ1n) is 7.97. The predicted molar refractivity (Wildman–Crippen MR) is 95.8 cm³/mol. The molecule has 0 N–H and O–H groups in total. The number of nitrogens with zero attached hydrogens (tertiary/aromatic N) is 2. The molecule has 0 aliphatic carbocycles. The molecule has 2 aromatic heterocycles. The van der Waals surface area contributed by atoms with Crippen LogP contribution in [-0.2, 0) is 9.47 Å². The summed E-state index contributed by atoms with van der Waals surface area (Å²) in [5.74, 6) is -0.476. The van der Waals surface area contributed by atoms with Crippen LogP contribution >= 0.6 is 11.3 Å². The van der Waals surface area contributed by atoms with Gasteiger partial charge in [0.1, 0.15) is 16.9 Å². The van der Waals surface area contributed by atoms with Crippen molar-refractivity contribution in [3.63, 3.8) is 0 Å². The van der Waals surface area contributed by atoms with Crippen LogP contribution in [0.2, 0.25) is 0 Å². The third-order valence-corrected chi connectivity index (χ3v) is 4.19. The Bertz CT molecular complexity index is 917. The van der Waals surface area contributed by atoms with E-state index in [9.17, 15) is 9.59 Å². The van der Waals surface area contributed by atoms with Gasteiger partial charge in [0.25, 0.3) is 0 Å². The first-order valence-corrected chi connectivity index (χ1v) is 8.85. The Labute approximate surface area is 153 Å². The summed E-state index contributed by atoms with van der Waals surface area (Å²) in [6.45, 7) is 3.86. The summed E-state index contributed by atoms with van der Waals surface area (Å²) in [4.78, 5) is 33.3. The van der Waals surface area contributed by atoms with E-state index in [2.05, 4.69) is 9.97 Å². The van der Waals surface area contributed by atoms with Gasteiger partial charge < -0.3 is 14.2 Å². The number of carbonyl (C=O) groups excluding carboxylic acids is 2. The highest BCUT2D eigenvalue weighted by Gasteiger charge is 2.17. The van der Waals surface area contributed by atoms with E-state index in [0.29, 0.717) is 5.88 Å². The summed E-state index contributed by atoms with van der Waals surface area (Å²) < 4.78 is 15.9. The molecule has 0 atom stereocenters. The number of hydrogen-bond acceptors (Lipinski definition) is 8. The Hall–Kier alpha value is -3.00. The number of ether oxygens (including phenoxy) is 3. The van der Waals surface area contributed by atoms with Crippen LogP contribution in [0.5, 0.6) is 11.6 Å². The number of hydrogen-bond donors (Lipinski definition) is 0. The van der Waals surface area contributed by atoms with Crippen molar-refractivity contribution in [2.75, 3.05) is 13.2 Å². The van der Waals surface area contributed by atoms with Crippen molar-refractivity contribution in [1.82, 2.24) is 9.97 Å². The lowest BCUT2D eigenvalue weighted by Gasteiger charge is -2.10. The minimum Gasteiger partial charge on any atom is -0.462 e. The number of carbonyl (C=O) groups is 2. The fourth-order valence-electron chi connectivity index (χ4n) is 2.28. The fourth-order valence-corrected chi connectivity index (χ4v) is 3.01. The molecule has 0 fully saturated rings. The topological polar surface area (TPSA) is 87.6 Å². The lowest BCUT2D eigenvalue weighted by molar-refractivity contribution is 0.0524. The predicted octanol–water partition coefficient (Wildman–Crippen LogP) is 3.84. The molecule has 0 bridgehead atoms. The summed E-state index contributed by atoms with van der Waals surface area (Å²) in [6.07, 6.45) is 1.40. The van der Waals surface area contributed by atoms with Crippen molar-refractivity contribution in [2.24, 2.45) is 0 Å². The molecule has 134 valence electrons. The van der Waals surface area contributed by atoms with Gasteiger partial charge in [-0.15, -0.1) is 11.3 Å². The van der Waals surface area contributed by atoms with Crippen LogP contribution in [0.4, 0.5) is 0 Å². The van der Waals surface area contributed by atoms with Gasteiger partial charge >= 0.3 is 11.9 Å². The summed E-state index contributed by atoms with van der Waals surface area (Å²) in [5.41, 5.74) is 0.394. The fraction of sp³-hybridized carbons (Fsp3) is 0.222. The molecule has 0 aliphatic heterocycles. The van der Waals surface area contributed by atoms with Crippen LogP contribution in [0.3, 0.4) is 0 Å². The van der Waals surface area contributed by atoms with Crippen LogP contribution in [0, 0.1) is 0 Å². The molecule has 0 saturated heterocycles. The molecule has 7 nitrogen and oxygen atoms in total. The van der Waals surface area contributed by atoms with E-state index in [1.165, 1.54) is 35.9 Å². The second-order valence-corrected chi connectivity index (χ2v) is 6.00. The average molecular weight is 372 g/mol. The number of esters is 2. The molecule has 8 heteroatoms. The minimum atomic E-state index is -0.549. The van der Waals surface area contributed by atoms with Crippen LogP contribution in [0.1, 0.15) is 34.6 Å². The molecule has 0 unspecified atom stereocenters. The zero-order valence-corrected chi connectivity index (χ0v) is 15.0. The zero-order valence-electron chi connectivity index (χ0n) is 14.2. The van der Waals surface area contributed by atoms with Gasteiger partial charge in [-0.05, 0) is 43.5 Å². The van der Waals surface area contributed by atoms with E-state index in [1.54, 1.807) is 13.8 Å². The Balaban J connectivity index is 2.00. The van der Waals surface area contributed by atoms with Crippen molar-refractivity contribution in [3.8, 4) is 11.6 Å². The molecule has 2 heterocycles. The largest absolute Gasteiger partial charge is 0.462 e. The van der Waals surface area contributed by atoms with Crippen molar-refractivity contribution >= 4 is 33.5 Å².